The van der Waals surface area contributed by atoms with Crippen LogP contribution in [0.4, 0.5) is 0 Å². The Morgan fingerprint density at radius 1 is 0.938 bits per heavy atom. The van der Waals surface area contributed by atoms with Gasteiger partial charge in [0.2, 0.25) is 11.8 Å². The second-order valence-electron chi connectivity index (χ2n) is 7.17. The van der Waals surface area contributed by atoms with Crippen molar-refractivity contribution in [3.05, 3.63) is 83.4 Å². The largest absolute Gasteiger partial charge is 0.497 e. The summed E-state index contributed by atoms with van der Waals surface area (Å²) in [7, 11) is 3.19. The van der Waals surface area contributed by atoms with Crippen LogP contribution in [0.1, 0.15) is 21.5 Å². The Hall–Kier alpha value is -4.13. The number of nitrogens with one attached hydrogen (secondary N) is 1. The third kappa shape index (κ3) is 4.46. The number of benzene rings is 3. The van der Waals surface area contributed by atoms with E-state index in [0.717, 1.165) is 22.3 Å². The smallest absolute Gasteiger partial charge is 0.251 e. The minimum Gasteiger partial charge on any atom is -0.497 e. The van der Waals surface area contributed by atoms with Gasteiger partial charge in [0.15, 0.2) is 0 Å². The maximum atomic E-state index is 12.6. The van der Waals surface area contributed by atoms with Crippen LogP contribution in [0.3, 0.4) is 0 Å². The molecule has 7 nitrogen and oxygen atoms in total. The number of ether oxygens (including phenoxy) is 2. The molecule has 0 fully saturated rings. The fourth-order valence-electron chi connectivity index (χ4n) is 3.32. The standard InChI is InChI=1S/C25H23N3O4/c1-16-6-4-5-7-21(16)25-28-27-24(32-25)18-10-8-17(9-11-18)23(29)26-15-19-14-20(30-2)12-13-22(19)31-3/h4-14H,15H2,1-3H3,(H,26,29). The lowest BCUT2D eigenvalue weighted by Gasteiger charge is -2.11. The first kappa shape index (κ1) is 21.1. The van der Waals surface area contributed by atoms with Gasteiger partial charge in [0.05, 0.1) is 14.2 Å². The van der Waals surface area contributed by atoms with Gasteiger partial charge in [0, 0.05) is 28.8 Å². The molecule has 1 N–H and O–H groups in total. The van der Waals surface area contributed by atoms with Crippen LogP contribution >= 0.6 is 0 Å². The van der Waals surface area contributed by atoms with Gasteiger partial charge < -0.3 is 19.2 Å². The maximum absolute atomic E-state index is 12.6. The van der Waals surface area contributed by atoms with Crippen LogP contribution in [-0.4, -0.2) is 30.3 Å². The van der Waals surface area contributed by atoms with E-state index in [-0.39, 0.29) is 5.91 Å². The molecular formula is C25H23N3O4. The first-order valence-corrected chi connectivity index (χ1v) is 10.1. The van der Waals surface area contributed by atoms with Crippen molar-refractivity contribution in [2.75, 3.05) is 14.2 Å². The number of hydrogen-bond acceptors (Lipinski definition) is 6. The lowest BCUT2D eigenvalue weighted by molar-refractivity contribution is 0.0950. The Labute approximate surface area is 186 Å². The van der Waals surface area contributed by atoms with Crippen molar-refractivity contribution < 1.29 is 18.7 Å². The van der Waals surface area contributed by atoms with Gasteiger partial charge >= 0.3 is 0 Å². The number of carbonyl (C=O) groups is 1. The highest BCUT2D eigenvalue weighted by atomic mass is 16.5. The van der Waals surface area contributed by atoms with E-state index in [1.807, 2.05) is 49.4 Å². The molecule has 0 aliphatic rings. The zero-order valence-corrected chi connectivity index (χ0v) is 18.1. The number of hydrogen-bond donors (Lipinski definition) is 1. The van der Waals surface area contributed by atoms with Crippen molar-refractivity contribution in [1.82, 2.24) is 15.5 Å². The zero-order valence-electron chi connectivity index (χ0n) is 18.1. The molecule has 0 aliphatic carbocycles. The molecule has 162 valence electrons. The molecule has 7 heteroatoms. The fraction of sp³-hybridized carbons (Fsp3) is 0.160. The molecule has 0 spiro atoms. The van der Waals surface area contributed by atoms with Gasteiger partial charge in [-0.05, 0) is 61.0 Å². The van der Waals surface area contributed by atoms with Gasteiger partial charge in [0.1, 0.15) is 11.5 Å². The van der Waals surface area contributed by atoms with Gasteiger partial charge in [-0.1, -0.05) is 18.2 Å². The SMILES string of the molecule is COc1ccc(OC)c(CNC(=O)c2ccc(-c3nnc(-c4ccccc4C)o3)cc2)c1. The Kier molecular flexibility index (Phi) is 6.17. The second kappa shape index (κ2) is 9.34. The molecular weight excluding hydrogens is 406 g/mol. The van der Waals surface area contributed by atoms with Crippen molar-refractivity contribution >= 4 is 5.91 Å². The van der Waals surface area contributed by atoms with Crippen molar-refractivity contribution in [2.45, 2.75) is 13.5 Å². The van der Waals surface area contributed by atoms with E-state index < -0.39 is 0 Å². The summed E-state index contributed by atoms with van der Waals surface area (Å²) in [6, 6.07) is 20.3. The van der Waals surface area contributed by atoms with E-state index in [9.17, 15) is 4.79 Å². The van der Waals surface area contributed by atoms with E-state index in [1.54, 1.807) is 38.5 Å². The molecule has 0 radical (unpaired) electrons. The highest BCUT2D eigenvalue weighted by Crippen LogP contribution is 2.26. The summed E-state index contributed by atoms with van der Waals surface area (Å²) in [5.74, 6) is 2.04. The Morgan fingerprint density at radius 3 is 2.41 bits per heavy atom. The average molecular weight is 429 g/mol. The van der Waals surface area contributed by atoms with Crippen molar-refractivity contribution in [3.63, 3.8) is 0 Å². The van der Waals surface area contributed by atoms with Crippen molar-refractivity contribution in [3.8, 4) is 34.4 Å². The number of aryl methyl sites for hydroxylation is 1. The molecule has 4 aromatic rings. The summed E-state index contributed by atoms with van der Waals surface area (Å²) in [6.45, 7) is 2.30. The van der Waals surface area contributed by atoms with Crippen LogP contribution in [0.5, 0.6) is 11.5 Å². The van der Waals surface area contributed by atoms with E-state index in [0.29, 0.717) is 35.4 Å². The summed E-state index contributed by atoms with van der Waals surface area (Å²) in [5.41, 5.74) is 4.04. The van der Waals surface area contributed by atoms with Crippen LogP contribution < -0.4 is 14.8 Å². The molecule has 0 atom stereocenters. The van der Waals surface area contributed by atoms with Crippen molar-refractivity contribution in [1.29, 1.82) is 0 Å². The monoisotopic (exact) mass is 429 g/mol. The summed E-state index contributed by atoms with van der Waals surface area (Å²) >= 11 is 0. The number of rotatable bonds is 7. The number of aromatic nitrogens is 2. The Balaban J connectivity index is 1.45. The minimum absolute atomic E-state index is 0.201. The van der Waals surface area contributed by atoms with Crippen LogP contribution in [-0.2, 0) is 6.54 Å². The lowest BCUT2D eigenvalue weighted by Crippen LogP contribution is -2.23. The number of methoxy groups -OCH3 is 2. The third-order valence-corrected chi connectivity index (χ3v) is 5.12. The minimum atomic E-state index is -0.201. The molecule has 3 aromatic carbocycles. The maximum Gasteiger partial charge on any atom is 0.251 e. The summed E-state index contributed by atoms with van der Waals surface area (Å²) in [6.07, 6.45) is 0. The molecule has 0 saturated carbocycles. The van der Waals surface area contributed by atoms with Gasteiger partial charge in [-0.25, -0.2) is 0 Å². The number of amides is 1. The van der Waals surface area contributed by atoms with E-state index in [1.165, 1.54) is 0 Å². The molecule has 4 rings (SSSR count). The number of nitrogens with zero attached hydrogens (tertiary/aromatic N) is 2. The van der Waals surface area contributed by atoms with Crippen LogP contribution in [0.15, 0.2) is 71.1 Å². The predicted octanol–water partition coefficient (Wildman–Crippen LogP) is 4.66. The first-order chi connectivity index (χ1) is 15.6. The predicted molar refractivity (Wildman–Crippen MR) is 121 cm³/mol. The van der Waals surface area contributed by atoms with Crippen LogP contribution in [0.2, 0.25) is 0 Å². The molecule has 0 saturated heterocycles. The van der Waals surface area contributed by atoms with E-state index in [4.69, 9.17) is 13.9 Å². The van der Waals surface area contributed by atoms with Crippen LogP contribution in [0.25, 0.3) is 22.9 Å². The quantitative estimate of drug-likeness (QED) is 0.460. The third-order valence-electron chi connectivity index (χ3n) is 5.12. The van der Waals surface area contributed by atoms with Gasteiger partial charge in [-0.15, -0.1) is 10.2 Å². The van der Waals surface area contributed by atoms with Gasteiger partial charge in [-0.2, -0.15) is 0 Å². The first-order valence-electron chi connectivity index (χ1n) is 10.1. The lowest BCUT2D eigenvalue weighted by atomic mass is 10.1. The molecule has 0 bridgehead atoms. The van der Waals surface area contributed by atoms with E-state index in [2.05, 4.69) is 15.5 Å². The van der Waals surface area contributed by atoms with Crippen molar-refractivity contribution in [2.24, 2.45) is 0 Å². The highest BCUT2D eigenvalue weighted by Gasteiger charge is 2.14. The van der Waals surface area contributed by atoms with Crippen LogP contribution in [0, 0.1) is 6.92 Å². The topological polar surface area (TPSA) is 86.5 Å². The van der Waals surface area contributed by atoms with Gasteiger partial charge in [0.25, 0.3) is 5.91 Å². The Morgan fingerprint density at radius 2 is 1.69 bits per heavy atom. The molecule has 1 heterocycles. The average Bonchev–Trinajstić information content (AvgIpc) is 3.32. The normalized spacial score (nSPS) is 10.6. The molecule has 1 amide bonds. The summed E-state index contributed by atoms with van der Waals surface area (Å²) in [5, 5.41) is 11.2. The highest BCUT2D eigenvalue weighted by molar-refractivity contribution is 5.94. The number of carbonyl (C=O) groups excluding carboxylic acids is 1. The molecule has 32 heavy (non-hydrogen) atoms. The van der Waals surface area contributed by atoms with Gasteiger partial charge in [-0.3, -0.25) is 4.79 Å². The zero-order chi connectivity index (χ0) is 22.5. The summed E-state index contributed by atoms with van der Waals surface area (Å²) in [4.78, 5) is 12.6. The summed E-state index contributed by atoms with van der Waals surface area (Å²) < 4.78 is 16.4. The second-order valence-corrected chi connectivity index (χ2v) is 7.17. The fourth-order valence-corrected chi connectivity index (χ4v) is 3.32. The van der Waals surface area contributed by atoms with E-state index >= 15 is 0 Å². The molecule has 1 aromatic heterocycles. The molecule has 0 aliphatic heterocycles. The Bertz CT molecular complexity index is 1230. The molecule has 0 unspecified atom stereocenters.